The Labute approximate surface area is 143 Å². The van der Waals surface area contributed by atoms with E-state index in [0.29, 0.717) is 6.42 Å². The molecule has 0 radical (unpaired) electrons. The van der Waals surface area contributed by atoms with Crippen LogP contribution in [0.25, 0.3) is 0 Å². The number of hydrazone groups is 1. The van der Waals surface area contributed by atoms with Gasteiger partial charge in [0.05, 0.1) is 17.9 Å². The summed E-state index contributed by atoms with van der Waals surface area (Å²) in [5.41, 5.74) is 3.35. The van der Waals surface area contributed by atoms with E-state index in [1.807, 2.05) is 37.3 Å². The number of nitrogens with zero attached hydrogens (tertiary/aromatic N) is 1. The van der Waals surface area contributed by atoms with Gasteiger partial charge >= 0.3 is 5.97 Å². The van der Waals surface area contributed by atoms with Gasteiger partial charge in [-0.15, -0.1) is 5.10 Å². The van der Waals surface area contributed by atoms with Gasteiger partial charge in [-0.05, 0) is 23.7 Å². The van der Waals surface area contributed by atoms with Gasteiger partial charge in [0.1, 0.15) is 0 Å². The Morgan fingerprint density at radius 1 is 1.38 bits per heavy atom. The number of carbonyl (C=O) groups is 3. The van der Waals surface area contributed by atoms with E-state index < -0.39 is 11.9 Å². The highest BCUT2D eigenvalue weighted by molar-refractivity contribution is 8.18. The van der Waals surface area contributed by atoms with Crippen molar-refractivity contribution in [3.05, 3.63) is 46.9 Å². The lowest BCUT2D eigenvalue weighted by molar-refractivity contribution is -0.135. The van der Waals surface area contributed by atoms with Crippen molar-refractivity contribution in [3.63, 3.8) is 0 Å². The number of esters is 1. The topological polar surface area (TPSA) is 96.9 Å². The molecule has 1 saturated heterocycles. The predicted octanol–water partition coefficient (Wildman–Crippen LogP) is 1.49. The van der Waals surface area contributed by atoms with Gasteiger partial charge in [-0.2, -0.15) is 0 Å². The van der Waals surface area contributed by atoms with Crippen LogP contribution in [0.3, 0.4) is 0 Å². The first-order chi connectivity index (χ1) is 11.5. The van der Waals surface area contributed by atoms with Gasteiger partial charge in [-0.3, -0.25) is 14.9 Å². The van der Waals surface area contributed by atoms with Crippen LogP contribution in [-0.2, 0) is 19.1 Å². The van der Waals surface area contributed by atoms with Crippen molar-refractivity contribution in [3.8, 4) is 0 Å². The number of amidine groups is 1. The average molecular weight is 347 g/mol. The molecular weight excluding hydrogens is 330 g/mol. The molecule has 0 spiro atoms. The van der Waals surface area contributed by atoms with Crippen LogP contribution in [0.4, 0.5) is 0 Å². The van der Waals surface area contributed by atoms with Crippen LogP contribution in [0, 0.1) is 0 Å². The van der Waals surface area contributed by atoms with Gasteiger partial charge in [0.25, 0.3) is 5.91 Å². The molecule has 1 aliphatic heterocycles. The van der Waals surface area contributed by atoms with Crippen LogP contribution >= 0.6 is 11.8 Å². The molecule has 7 nitrogen and oxygen atoms in total. The lowest BCUT2D eigenvalue weighted by atomic mass is 9.96. The molecule has 1 heterocycles. The van der Waals surface area contributed by atoms with E-state index in [2.05, 4.69) is 20.6 Å². The molecule has 24 heavy (non-hydrogen) atoms. The van der Waals surface area contributed by atoms with Crippen LogP contribution in [0.5, 0.6) is 0 Å². The van der Waals surface area contributed by atoms with Crippen molar-refractivity contribution in [2.45, 2.75) is 19.3 Å². The van der Waals surface area contributed by atoms with Crippen LogP contribution < -0.4 is 10.7 Å². The monoisotopic (exact) mass is 347 g/mol. The second-order valence-electron chi connectivity index (χ2n) is 4.85. The van der Waals surface area contributed by atoms with Gasteiger partial charge in [0, 0.05) is 6.08 Å². The number of hydrogen-bond acceptors (Lipinski definition) is 6. The summed E-state index contributed by atoms with van der Waals surface area (Å²) in [4.78, 5) is 35.3. The Morgan fingerprint density at radius 3 is 2.71 bits per heavy atom. The van der Waals surface area contributed by atoms with Crippen molar-refractivity contribution in [1.29, 1.82) is 0 Å². The van der Waals surface area contributed by atoms with Crippen molar-refractivity contribution in [2.24, 2.45) is 5.10 Å². The Morgan fingerprint density at radius 2 is 2.08 bits per heavy atom. The second-order valence-corrected chi connectivity index (χ2v) is 5.88. The van der Waals surface area contributed by atoms with E-state index in [9.17, 15) is 14.4 Å². The SMILES string of the molecule is CC[C@H](C(=O)N/N=C1\NC(=O)/C(=C/C(=O)OC)S1)c1ccccc1. The summed E-state index contributed by atoms with van der Waals surface area (Å²) < 4.78 is 4.47. The molecule has 0 aliphatic carbocycles. The maximum atomic E-state index is 12.3. The fourth-order valence-electron chi connectivity index (χ4n) is 2.09. The first-order valence-electron chi connectivity index (χ1n) is 7.26. The van der Waals surface area contributed by atoms with Crippen LogP contribution in [0.1, 0.15) is 24.8 Å². The first-order valence-corrected chi connectivity index (χ1v) is 8.08. The summed E-state index contributed by atoms with van der Waals surface area (Å²) in [6, 6.07) is 9.38. The summed E-state index contributed by atoms with van der Waals surface area (Å²) in [5, 5.41) is 6.58. The van der Waals surface area contributed by atoms with Crippen molar-refractivity contribution < 1.29 is 19.1 Å². The smallest absolute Gasteiger partial charge is 0.331 e. The zero-order chi connectivity index (χ0) is 17.5. The molecule has 0 bridgehead atoms. The summed E-state index contributed by atoms with van der Waals surface area (Å²) in [6.45, 7) is 1.91. The summed E-state index contributed by atoms with van der Waals surface area (Å²) >= 11 is 0.954. The van der Waals surface area contributed by atoms with Gasteiger partial charge in [0.2, 0.25) is 5.91 Å². The average Bonchev–Trinajstić information content (AvgIpc) is 2.94. The molecule has 0 aromatic heterocycles. The molecule has 2 N–H and O–H groups in total. The number of ether oxygens (including phenoxy) is 1. The van der Waals surface area contributed by atoms with Gasteiger partial charge in [0.15, 0.2) is 5.17 Å². The number of benzene rings is 1. The molecule has 2 amide bonds. The number of carbonyl (C=O) groups excluding carboxylic acids is 3. The molecular formula is C16H17N3O4S. The molecule has 0 saturated carbocycles. The number of hydrogen-bond donors (Lipinski definition) is 2. The van der Waals surface area contributed by atoms with E-state index in [4.69, 9.17) is 0 Å². The van der Waals surface area contributed by atoms with Crippen LogP contribution in [-0.4, -0.2) is 30.1 Å². The normalized spacial score (nSPS) is 18.3. The van der Waals surface area contributed by atoms with E-state index in [1.54, 1.807) is 0 Å². The quantitative estimate of drug-likeness (QED) is 0.478. The Bertz CT molecular complexity index is 701. The fraction of sp³-hybridized carbons (Fsp3) is 0.250. The number of thioether (sulfide) groups is 1. The maximum absolute atomic E-state index is 12.3. The number of rotatable bonds is 5. The Hall–Kier alpha value is -2.61. The van der Waals surface area contributed by atoms with E-state index in [1.165, 1.54) is 7.11 Å². The Balaban J connectivity index is 2.03. The third kappa shape index (κ3) is 4.45. The van der Waals surface area contributed by atoms with E-state index in [0.717, 1.165) is 23.4 Å². The van der Waals surface area contributed by atoms with Crippen molar-refractivity contribution >= 4 is 34.7 Å². The molecule has 1 aromatic rings. The first kappa shape index (κ1) is 17.7. The van der Waals surface area contributed by atoms with Crippen molar-refractivity contribution in [2.75, 3.05) is 7.11 Å². The summed E-state index contributed by atoms with van der Waals surface area (Å²) in [7, 11) is 1.22. The molecule has 1 aromatic carbocycles. The van der Waals surface area contributed by atoms with Gasteiger partial charge < -0.3 is 4.74 Å². The van der Waals surface area contributed by atoms with Gasteiger partial charge in [-0.25, -0.2) is 10.2 Å². The molecule has 1 atom stereocenters. The third-order valence-electron chi connectivity index (χ3n) is 3.30. The largest absolute Gasteiger partial charge is 0.466 e. The van der Waals surface area contributed by atoms with Crippen LogP contribution in [0.15, 0.2) is 46.4 Å². The fourth-order valence-corrected chi connectivity index (χ4v) is 2.83. The highest BCUT2D eigenvalue weighted by Gasteiger charge is 2.26. The van der Waals surface area contributed by atoms with Gasteiger partial charge in [-0.1, -0.05) is 37.3 Å². The van der Waals surface area contributed by atoms with E-state index in [-0.39, 0.29) is 21.9 Å². The molecule has 1 fully saturated rings. The molecule has 2 rings (SSSR count). The minimum Gasteiger partial charge on any atom is -0.466 e. The zero-order valence-electron chi connectivity index (χ0n) is 13.2. The molecule has 0 unspecified atom stereocenters. The molecule has 8 heteroatoms. The Kier molecular flexibility index (Phi) is 6.14. The number of nitrogens with one attached hydrogen (secondary N) is 2. The minimum absolute atomic E-state index is 0.157. The minimum atomic E-state index is -0.631. The number of methoxy groups -OCH3 is 1. The summed E-state index contributed by atoms with van der Waals surface area (Å²) in [5.74, 6) is -1.69. The standard InChI is InChI=1S/C16H17N3O4S/c1-3-11(10-7-5-4-6-8-10)14(21)18-19-16-17-15(22)12(24-16)9-13(20)23-2/h4-9,11H,3H2,1-2H3,(H,18,21)(H,17,19,22)/b12-9-/t11-/m0/s1. The lowest BCUT2D eigenvalue weighted by Gasteiger charge is -2.13. The maximum Gasteiger partial charge on any atom is 0.331 e. The second kappa shape index (κ2) is 8.30. The van der Waals surface area contributed by atoms with E-state index >= 15 is 0 Å². The highest BCUT2D eigenvalue weighted by Crippen LogP contribution is 2.23. The molecule has 126 valence electrons. The predicted molar refractivity (Wildman–Crippen MR) is 90.9 cm³/mol. The third-order valence-corrected chi connectivity index (χ3v) is 4.21. The molecule has 1 aliphatic rings. The van der Waals surface area contributed by atoms with Crippen LogP contribution in [0.2, 0.25) is 0 Å². The lowest BCUT2D eigenvalue weighted by Crippen LogP contribution is -2.28. The summed E-state index contributed by atoms with van der Waals surface area (Å²) in [6.07, 6.45) is 1.69. The highest BCUT2D eigenvalue weighted by atomic mass is 32.2. The zero-order valence-corrected chi connectivity index (χ0v) is 14.1. The van der Waals surface area contributed by atoms with Crippen molar-refractivity contribution in [1.82, 2.24) is 10.7 Å². The number of amides is 2.